The molecule has 0 aliphatic heterocycles. The second kappa shape index (κ2) is 5.62. The summed E-state index contributed by atoms with van der Waals surface area (Å²) < 4.78 is 0. The van der Waals surface area contributed by atoms with E-state index in [0.29, 0.717) is 5.96 Å². The molecule has 3 heteroatoms. The average Bonchev–Trinajstić information content (AvgIpc) is 2.57. The van der Waals surface area contributed by atoms with Gasteiger partial charge in [-0.2, -0.15) is 0 Å². The van der Waals surface area contributed by atoms with Gasteiger partial charge in [-0.05, 0) is 32.6 Å². The molecule has 0 aromatic carbocycles. The first-order chi connectivity index (χ1) is 6.33. The van der Waals surface area contributed by atoms with Crippen LogP contribution in [0.2, 0.25) is 0 Å². The smallest absolute Gasteiger partial charge is 0.188 e. The molecule has 0 amide bonds. The molecular weight excluding hydrogens is 162 g/mol. The van der Waals surface area contributed by atoms with Gasteiger partial charge in [-0.25, -0.2) is 0 Å². The molecule has 0 atom stereocenters. The number of rotatable bonds is 4. The Morgan fingerprint density at radius 3 is 3.15 bits per heavy atom. The van der Waals surface area contributed by atoms with E-state index in [9.17, 15) is 0 Å². The van der Waals surface area contributed by atoms with E-state index in [1.54, 1.807) is 5.57 Å². The van der Waals surface area contributed by atoms with E-state index in [4.69, 9.17) is 5.73 Å². The number of hydrogen-bond acceptors (Lipinski definition) is 1. The zero-order valence-electron chi connectivity index (χ0n) is 8.34. The van der Waals surface area contributed by atoms with Crippen molar-refractivity contribution in [2.75, 3.05) is 13.1 Å². The van der Waals surface area contributed by atoms with Crippen molar-refractivity contribution < 1.29 is 0 Å². The zero-order chi connectivity index (χ0) is 9.52. The Labute approximate surface area is 80.1 Å². The fraction of sp³-hybridized carbons (Fsp3) is 0.700. The molecule has 1 aliphatic rings. The largest absolute Gasteiger partial charge is 0.370 e. The molecule has 0 fully saturated rings. The Hall–Kier alpha value is -0.990. The van der Waals surface area contributed by atoms with Crippen molar-refractivity contribution in [3.63, 3.8) is 0 Å². The summed E-state index contributed by atoms with van der Waals surface area (Å²) in [7, 11) is 0. The normalized spacial score (nSPS) is 17.3. The van der Waals surface area contributed by atoms with Crippen LogP contribution in [-0.4, -0.2) is 19.0 Å². The summed E-state index contributed by atoms with van der Waals surface area (Å²) in [6, 6.07) is 0. The van der Waals surface area contributed by atoms with E-state index in [-0.39, 0.29) is 0 Å². The Bertz CT molecular complexity index is 206. The van der Waals surface area contributed by atoms with E-state index in [2.05, 4.69) is 16.4 Å². The number of aliphatic imine (C=N–C) groups is 1. The van der Waals surface area contributed by atoms with Crippen LogP contribution >= 0.6 is 0 Å². The lowest BCUT2D eigenvalue weighted by atomic mass is 10.2. The zero-order valence-corrected chi connectivity index (χ0v) is 8.34. The quantitative estimate of drug-likeness (QED) is 0.391. The third-order valence-corrected chi connectivity index (χ3v) is 2.21. The first-order valence-corrected chi connectivity index (χ1v) is 5.04. The second-order valence-corrected chi connectivity index (χ2v) is 3.30. The molecule has 0 aromatic rings. The van der Waals surface area contributed by atoms with Gasteiger partial charge in [0.15, 0.2) is 5.96 Å². The van der Waals surface area contributed by atoms with E-state index in [1.165, 1.54) is 19.3 Å². The third kappa shape index (κ3) is 3.97. The Balaban J connectivity index is 2.15. The van der Waals surface area contributed by atoms with Crippen LogP contribution in [0.25, 0.3) is 0 Å². The van der Waals surface area contributed by atoms with Gasteiger partial charge in [0.1, 0.15) is 0 Å². The highest BCUT2D eigenvalue weighted by Crippen LogP contribution is 2.19. The molecule has 3 nitrogen and oxygen atoms in total. The maximum atomic E-state index is 5.59. The molecule has 1 rings (SSSR count). The van der Waals surface area contributed by atoms with Gasteiger partial charge in [0.2, 0.25) is 0 Å². The molecular formula is C10H19N3. The molecule has 0 unspecified atom stereocenters. The third-order valence-electron chi connectivity index (χ3n) is 2.21. The second-order valence-electron chi connectivity index (χ2n) is 3.30. The molecule has 0 spiro atoms. The molecule has 0 radical (unpaired) electrons. The van der Waals surface area contributed by atoms with Crippen molar-refractivity contribution in [2.24, 2.45) is 10.7 Å². The fourth-order valence-electron chi connectivity index (χ4n) is 1.52. The van der Waals surface area contributed by atoms with Gasteiger partial charge in [0.05, 0.1) is 0 Å². The van der Waals surface area contributed by atoms with Crippen molar-refractivity contribution in [1.82, 2.24) is 5.32 Å². The number of nitrogens with one attached hydrogen (secondary N) is 1. The molecule has 0 saturated heterocycles. The lowest BCUT2D eigenvalue weighted by molar-refractivity contribution is 0.842. The average molecular weight is 181 g/mol. The van der Waals surface area contributed by atoms with Crippen LogP contribution in [0.1, 0.15) is 32.6 Å². The minimum absolute atomic E-state index is 0.570. The SMILES string of the molecule is CCNC(N)=NCCC1=CCCC1. The molecule has 13 heavy (non-hydrogen) atoms. The Kier molecular flexibility index (Phi) is 4.36. The summed E-state index contributed by atoms with van der Waals surface area (Å²) in [6.45, 7) is 3.69. The topological polar surface area (TPSA) is 50.4 Å². The highest BCUT2D eigenvalue weighted by atomic mass is 15.1. The minimum Gasteiger partial charge on any atom is -0.370 e. The number of allylic oxidation sites excluding steroid dienone is 1. The maximum Gasteiger partial charge on any atom is 0.188 e. The van der Waals surface area contributed by atoms with Gasteiger partial charge in [-0.15, -0.1) is 0 Å². The number of nitrogens with zero attached hydrogens (tertiary/aromatic N) is 1. The van der Waals surface area contributed by atoms with E-state index in [0.717, 1.165) is 19.5 Å². The lowest BCUT2D eigenvalue weighted by Crippen LogP contribution is -2.31. The van der Waals surface area contributed by atoms with Gasteiger partial charge in [-0.3, -0.25) is 4.99 Å². The lowest BCUT2D eigenvalue weighted by Gasteiger charge is -2.02. The van der Waals surface area contributed by atoms with E-state index < -0.39 is 0 Å². The molecule has 0 heterocycles. The highest BCUT2D eigenvalue weighted by molar-refractivity contribution is 5.77. The van der Waals surface area contributed by atoms with E-state index in [1.807, 2.05) is 6.92 Å². The highest BCUT2D eigenvalue weighted by Gasteiger charge is 2.02. The summed E-state index contributed by atoms with van der Waals surface area (Å²) in [5.41, 5.74) is 7.14. The molecule has 1 aliphatic carbocycles. The van der Waals surface area contributed by atoms with Gasteiger partial charge < -0.3 is 11.1 Å². The minimum atomic E-state index is 0.570. The number of nitrogens with two attached hydrogens (primary N) is 1. The summed E-state index contributed by atoms with van der Waals surface area (Å²) >= 11 is 0. The predicted octanol–water partition coefficient (Wildman–Crippen LogP) is 1.41. The molecule has 3 N–H and O–H groups in total. The van der Waals surface area contributed by atoms with Gasteiger partial charge in [-0.1, -0.05) is 11.6 Å². The predicted molar refractivity (Wildman–Crippen MR) is 56.7 cm³/mol. The van der Waals surface area contributed by atoms with Crippen molar-refractivity contribution in [1.29, 1.82) is 0 Å². The van der Waals surface area contributed by atoms with Crippen LogP contribution in [-0.2, 0) is 0 Å². The van der Waals surface area contributed by atoms with Crippen LogP contribution in [0.15, 0.2) is 16.6 Å². The molecule has 0 aromatic heterocycles. The molecule has 0 saturated carbocycles. The molecule has 74 valence electrons. The summed E-state index contributed by atoms with van der Waals surface area (Å²) in [5, 5.41) is 2.98. The summed E-state index contributed by atoms with van der Waals surface area (Å²) in [5.74, 6) is 0.570. The van der Waals surface area contributed by atoms with Crippen molar-refractivity contribution in [3.05, 3.63) is 11.6 Å². The van der Waals surface area contributed by atoms with Gasteiger partial charge in [0, 0.05) is 13.1 Å². The number of guanidine groups is 1. The van der Waals surface area contributed by atoms with Crippen molar-refractivity contribution >= 4 is 5.96 Å². The standard InChI is InChI=1S/C10H19N3/c1-2-12-10(11)13-8-7-9-5-3-4-6-9/h5H,2-4,6-8H2,1H3,(H3,11,12,13). The van der Waals surface area contributed by atoms with Gasteiger partial charge >= 0.3 is 0 Å². The van der Waals surface area contributed by atoms with Gasteiger partial charge in [0.25, 0.3) is 0 Å². The van der Waals surface area contributed by atoms with Crippen LogP contribution in [0.5, 0.6) is 0 Å². The summed E-state index contributed by atoms with van der Waals surface area (Å²) in [4.78, 5) is 4.22. The summed E-state index contributed by atoms with van der Waals surface area (Å²) in [6.07, 6.45) is 7.24. The fourth-order valence-corrected chi connectivity index (χ4v) is 1.52. The van der Waals surface area contributed by atoms with E-state index >= 15 is 0 Å². The maximum absolute atomic E-state index is 5.59. The number of hydrogen-bond donors (Lipinski definition) is 2. The van der Waals surface area contributed by atoms with Crippen molar-refractivity contribution in [3.8, 4) is 0 Å². The van der Waals surface area contributed by atoms with Crippen molar-refractivity contribution in [2.45, 2.75) is 32.6 Å². The first-order valence-electron chi connectivity index (χ1n) is 5.04. The Morgan fingerprint density at radius 1 is 1.69 bits per heavy atom. The molecule has 0 bridgehead atoms. The monoisotopic (exact) mass is 181 g/mol. The van der Waals surface area contributed by atoms with Crippen LogP contribution in [0.3, 0.4) is 0 Å². The van der Waals surface area contributed by atoms with Crippen LogP contribution < -0.4 is 11.1 Å². The van der Waals surface area contributed by atoms with Crippen LogP contribution in [0, 0.1) is 0 Å². The van der Waals surface area contributed by atoms with Crippen LogP contribution in [0.4, 0.5) is 0 Å². The Morgan fingerprint density at radius 2 is 2.54 bits per heavy atom. The first kappa shape index (κ1) is 10.1.